The molecule has 1 aliphatic heterocycles. The predicted octanol–water partition coefficient (Wildman–Crippen LogP) is 1.93. The van der Waals surface area contributed by atoms with Gasteiger partial charge in [-0.05, 0) is 25.7 Å². The van der Waals surface area contributed by atoms with Gasteiger partial charge in [0, 0.05) is 19.0 Å². The van der Waals surface area contributed by atoms with Crippen LogP contribution < -0.4 is 5.73 Å². The molecule has 18 heavy (non-hydrogen) atoms. The molecule has 1 fully saturated rings. The van der Waals surface area contributed by atoms with Crippen molar-refractivity contribution >= 4 is 11.8 Å². The summed E-state index contributed by atoms with van der Waals surface area (Å²) in [7, 11) is 0. The van der Waals surface area contributed by atoms with Gasteiger partial charge in [-0.2, -0.15) is 0 Å². The third-order valence-electron chi connectivity index (χ3n) is 3.88. The Morgan fingerprint density at radius 3 is 2.67 bits per heavy atom. The van der Waals surface area contributed by atoms with Gasteiger partial charge >= 0.3 is 0 Å². The number of carbonyl (C=O) groups is 2. The van der Waals surface area contributed by atoms with Crippen LogP contribution in [0.4, 0.5) is 0 Å². The van der Waals surface area contributed by atoms with E-state index in [0.29, 0.717) is 6.54 Å². The van der Waals surface area contributed by atoms with Crippen LogP contribution in [0.2, 0.25) is 0 Å². The number of nitrogens with zero attached hydrogens (tertiary/aromatic N) is 1. The van der Waals surface area contributed by atoms with Crippen molar-refractivity contribution in [1.29, 1.82) is 0 Å². The van der Waals surface area contributed by atoms with Gasteiger partial charge in [0.2, 0.25) is 11.8 Å². The van der Waals surface area contributed by atoms with Crippen molar-refractivity contribution in [1.82, 2.24) is 4.90 Å². The van der Waals surface area contributed by atoms with Crippen LogP contribution in [-0.4, -0.2) is 29.8 Å². The van der Waals surface area contributed by atoms with Gasteiger partial charge < -0.3 is 10.6 Å². The maximum atomic E-state index is 12.4. The van der Waals surface area contributed by atoms with Gasteiger partial charge in [0.05, 0.1) is 5.92 Å². The van der Waals surface area contributed by atoms with Crippen molar-refractivity contribution in [2.24, 2.45) is 17.6 Å². The van der Waals surface area contributed by atoms with Crippen LogP contribution in [0.5, 0.6) is 0 Å². The van der Waals surface area contributed by atoms with E-state index in [0.717, 1.165) is 45.1 Å². The lowest BCUT2D eigenvalue weighted by Gasteiger charge is -2.33. The second-order valence-corrected chi connectivity index (χ2v) is 5.27. The van der Waals surface area contributed by atoms with Crippen LogP contribution in [0, 0.1) is 11.8 Å². The number of amides is 2. The van der Waals surface area contributed by atoms with Crippen molar-refractivity contribution in [3.05, 3.63) is 0 Å². The second kappa shape index (κ2) is 7.39. The minimum absolute atomic E-state index is 0.122. The first kappa shape index (κ1) is 15.0. The third kappa shape index (κ3) is 4.00. The maximum Gasteiger partial charge on any atom is 0.225 e. The highest BCUT2D eigenvalue weighted by molar-refractivity contribution is 5.81. The average Bonchev–Trinajstić information content (AvgIpc) is 2.39. The van der Waals surface area contributed by atoms with Crippen LogP contribution in [-0.2, 0) is 9.59 Å². The molecule has 2 atom stereocenters. The number of carbonyl (C=O) groups excluding carboxylic acids is 2. The monoisotopic (exact) mass is 254 g/mol. The lowest BCUT2D eigenvalue weighted by Crippen LogP contribution is -2.46. The van der Waals surface area contributed by atoms with E-state index in [-0.39, 0.29) is 23.7 Å². The quantitative estimate of drug-likeness (QED) is 0.787. The number of unbranched alkanes of at least 4 members (excludes halogenated alkanes) is 1. The molecule has 0 aromatic carbocycles. The van der Waals surface area contributed by atoms with Crippen molar-refractivity contribution in [2.45, 2.75) is 52.4 Å². The number of likely N-dealkylation sites (tertiary alicyclic amines) is 1. The topological polar surface area (TPSA) is 63.4 Å². The largest absolute Gasteiger partial charge is 0.369 e. The van der Waals surface area contributed by atoms with E-state index in [1.54, 1.807) is 0 Å². The Morgan fingerprint density at radius 1 is 1.39 bits per heavy atom. The predicted molar refractivity (Wildman–Crippen MR) is 71.8 cm³/mol. The standard InChI is InChI=1S/C14H26N2O2/c1-3-5-7-11(4-2)14(18)16-9-6-8-12(10-16)13(15)17/h11-12H,3-10H2,1-2H3,(H2,15,17). The minimum Gasteiger partial charge on any atom is -0.369 e. The summed E-state index contributed by atoms with van der Waals surface area (Å²) in [5.74, 6) is -0.0750. The SMILES string of the molecule is CCCCC(CC)C(=O)N1CCCC(C(N)=O)C1. The fourth-order valence-corrected chi connectivity index (χ4v) is 2.62. The average molecular weight is 254 g/mol. The highest BCUT2D eigenvalue weighted by atomic mass is 16.2. The van der Waals surface area contributed by atoms with Crippen molar-refractivity contribution in [3.63, 3.8) is 0 Å². The van der Waals surface area contributed by atoms with E-state index in [1.807, 2.05) is 4.90 Å². The lowest BCUT2D eigenvalue weighted by molar-refractivity contribution is -0.139. The zero-order valence-electron chi connectivity index (χ0n) is 11.7. The Labute approximate surface area is 110 Å². The molecule has 1 aliphatic rings. The van der Waals surface area contributed by atoms with E-state index in [4.69, 9.17) is 5.73 Å². The van der Waals surface area contributed by atoms with E-state index in [2.05, 4.69) is 13.8 Å². The molecule has 0 bridgehead atoms. The summed E-state index contributed by atoms with van der Waals surface area (Å²) >= 11 is 0. The molecular weight excluding hydrogens is 228 g/mol. The highest BCUT2D eigenvalue weighted by Crippen LogP contribution is 2.21. The second-order valence-electron chi connectivity index (χ2n) is 5.27. The molecule has 1 saturated heterocycles. The minimum atomic E-state index is -0.269. The van der Waals surface area contributed by atoms with Crippen LogP contribution in [0.25, 0.3) is 0 Å². The Kier molecular flexibility index (Phi) is 6.16. The highest BCUT2D eigenvalue weighted by Gasteiger charge is 2.29. The van der Waals surface area contributed by atoms with E-state index in [9.17, 15) is 9.59 Å². The summed E-state index contributed by atoms with van der Waals surface area (Å²) in [6.45, 7) is 5.51. The summed E-state index contributed by atoms with van der Waals surface area (Å²) in [4.78, 5) is 25.4. The van der Waals surface area contributed by atoms with E-state index < -0.39 is 0 Å². The Bertz CT molecular complexity index is 292. The first-order chi connectivity index (χ1) is 8.60. The zero-order valence-corrected chi connectivity index (χ0v) is 11.7. The number of nitrogens with two attached hydrogens (primary N) is 1. The lowest BCUT2D eigenvalue weighted by atomic mass is 9.93. The first-order valence-corrected chi connectivity index (χ1v) is 7.18. The summed E-state index contributed by atoms with van der Waals surface area (Å²) < 4.78 is 0. The number of rotatable bonds is 6. The number of hydrogen-bond acceptors (Lipinski definition) is 2. The summed E-state index contributed by atoms with van der Waals surface area (Å²) in [6.07, 6.45) is 5.78. The van der Waals surface area contributed by atoms with Crippen molar-refractivity contribution in [2.75, 3.05) is 13.1 Å². The van der Waals surface area contributed by atoms with Crippen molar-refractivity contribution in [3.8, 4) is 0 Å². The number of piperidine rings is 1. The third-order valence-corrected chi connectivity index (χ3v) is 3.88. The Hall–Kier alpha value is -1.06. The first-order valence-electron chi connectivity index (χ1n) is 7.18. The molecular formula is C14H26N2O2. The summed E-state index contributed by atoms with van der Waals surface area (Å²) in [6, 6.07) is 0. The molecule has 0 aromatic rings. The van der Waals surface area contributed by atoms with Crippen LogP contribution in [0.1, 0.15) is 52.4 Å². The molecule has 2 N–H and O–H groups in total. The summed E-state index contributed by atoms with van der Waals surface area (Å²) in [5.41, 5.74) is 5.34. The van der Waals surface area contributed by atoms with Gasteiger partial charge in [-0.25, -0.2) is 0 Å². The van der Waals surface area contributed by atoms with Gasteiger partial charge in [-0.3, -0.25) is 9.59 Å². The van der Waals surface area contributed by atoms with Crippen LogP contribution in [0.15, 0.2) is 0 Å². The van der Waals surface area contributed by atoms with Gasteiger partial charge in [-0.1, -0.05) is 26.7 Å². The Balaban J connectivity index is 2.55. The van der Waals surface area contributed by atoms with E-state index in [1.165, 1.54) is 0 Å². The zero-order chi connectivity index (χ0) is 13.5. The molecule has 0 spiro atoms. The molecule has 0 aromatic heterocycles. The molecule has 104 valence electrons. The molecule has 2 unspecified atom stereocenters. The van der Waals surface area contributed by atoms with E-state index >= 15 is 0 Å². The molecule has 1 rings (SSSR count). The smallest absolute Gasteiger partial charge is 0.225 e. The fourth-order valence-electron chi connectivity index (χ4n) is 2.62. The molecule has 4 nitrogen and oxygen atoms in total. The fraction of sp³-hybridized carbons (Fsp3) is 0.857. The van der Waals surface area contributed by atoms with Crippen molar-refractivity contribution < 1.29 is 9.59 Å². The molecule has 1 heterocycles. The molecule has 0 aliphatic carbocycles. The van der Waals surface area contributed by atoms with Gasteiger partial charge in [0.15, 0.2) is 0 Å². The van der Waals surface area contributed by atoms with Gasteiger partial charge in [0.25, 0.3) is 0 Å². The van der Waals surface area contributed by atoms with Gasteiger partial charge in [-0.15, -0.1) is 0 Å². The van der Waals surface area contributed by atoms with Gasteiger partial charge in [0.1, 0.15) is 0 Å². The number of primary amides is 1. The number of hydrogen-bond donors (Lipinski definition) is 1. The normalized spacial score (nSPS) is 21.7. The molecule has 0 saturated carbocycles. The Morgan fingerprint density at radius 2 is 2.11 bits per heavy atom. The molecule has 2 amide bonds. The molecule has 0 radical (unpaired) electrons. The van der Waals surface area contributed by atoms with Crippen LogP contribution in [0.3, 0.4) is 0 Å². The maximum absolute atomic E-state index is 12.4. The van der Waals surface area contributed by atoms with Crippen LogP contribution >= 0.6 is 0 Å². The molecule has 4 heteroatoms. The summed E-state index contributed by atoms with van der Waals surface area (Å²) in [5, 5.41) is 0.